The fourth-order valence-electron chi connectivity index (χ4n) is 1.68. The molecule has 1 aromatic rings. The van der Waals surface area contributed by atoms with Crippen LogP contribution in [0.25, 0.3) is 0 Å². The highest BCUT2D eigenvalue weighted by molar-refractivity contribution is 5.93. The average molecular weight is 234 g/mol. The number of carbonyl (C=O) groups is 1. The number of nitrogens with zero attached hydrogens (tertiary/aromatic N) is 3. The zero-order valence-corrected chi connectivity index (χ0v) is 10.3. The molecule has 0 bridgehead atoms. The van der Waals surface area contributed by atoms with Crippen LogP contribution in [0.2, 0.25) is 0 Å². The fraction of sp³-hybridized carbons (Fsp3) is 0.583. The van der Waals surface area contributed by atoms with E-state index in [1.54, 1.807) is 6.07 Å². The minimum Gasteiger partial charge on any atom is -0.356 e. The first-order valence-corrected chi connectivity index (χ1v) is 6.14. The number of amides is 1. The summed E-state index contributed by atoms with van der Waals surface area (Å²) in [5.74, 6) is 1.64. The van der Waals surface area contributed by atoms with Crippen molar-refractivity contribution in [2.75, 3.05) is 23.3 Å². The Kier molecular flexibility index (Phi) is 3.56. The molecule has 92 valence electrons. The van der Waals surface area contributed by atoms with Crippen molar-refractivity contribution in [2.24, 2.45) is 5.92 Å². The molecule has 0 aromatic carbocycles. The lowest BCUT2D eigenvalue weighted by Crippen LogP contribution is -2.23. The number of carbonyl (C=O) groups excluding carboxylic acids is 1. The molecule has 5 nitrogen and oxygen atoms in total. The second-order valence-electron chi connectivity index (χ2n) is 4.21. The first-order valence-electron chi connectivity index (χ1n) is 6.14. The number of aromatic nitrogens is 2. The standard InChI is InChI=1S/C12H18N4O/c1-3-16(4-2)11-8-7-10(14-15-11)13-12(17)9-5-6-9/h7-9H,3-6H2,1-2H3,(H,13,14,17). The van der Waals surface area contributed by atoms with Crippen molar-refractivity contribution in [1.82, 2.24) is 10.2 Å². The average Bonchev–Trinajstić information content (AvgIpc) is 3.17. The van der Waals surface area contributed by atoms with Crippen molar-refractivity contribution in [3.63, 3.8) is 0 Å². The maximum atomic E-state index is 11.5. The van der Waals surface area contributed by atoms with Gasteiger partial charge >= 0.3 is 0 Å². The van der Waals surface area contributed by atoms with Crippen LogP contribution in [-0.2, 0) is 4.79 Å². The van der Waals surface area contributed by atoms with Crippen molar-refractivity contribution >= 4 is 17.5 Å². The molecule has 0 saturated heterocycles. The minimum atomic E-state index is 0.0647. The number of nitrogens with one attached hydrogen (secondary N) is 1. The molecule has 1 aliphatic rings. The highest BCUT2D eigenvalue weighted by Gasteiger charge is 2.29. The monoisotopic (exact) mass is 234 g/mol. The Labute approximate surface area is 101 Å². The minimum absolute atomic E-state index is 0.0647. The molecule has 1 fully saturated rings. The van der Waals surface area contributed by atoms with E-state index in [1.807, 2.05) is 6.07 Å². The van der Waals surface area contributed by atoms with Crippen LogP contribution in [0.4, 0.5) is 11.6 Å². The molecule has 2 rings (SSSR count). The largest absolute Gasteiger partial charge is 0.356 e. The lowest BCUT2D eigenvalue weighted by Gasteiger charge is -2.18. The summed E-state index contributed by atoms with van der Waals surface area (Å²) in [5.41, 5.74) is 0. The molecule has 1 amide bonds. The Bertz CT molecular complexity index is 382. The predicted molar refractivity (Wildman–Crippen MR) is 66.9 cm³/mol. The van der Waals surface area contributed by atoms with E-state index in [1.165, 1.54) is 0 Å². The molecule has 5 heteroatoms. The number of hydrogen-bond acceptors (Lipinski definition) is 4. The van der Waals surface area contributed by atoms with E-state index in [9.17, 15) is 4.79 Å². The Balaban J connectivity index is 1.99. The van der Waals surface area contributed by atoms with Gasteiger partial charge in [-0.2, -0.15) is 0 Å². The number of anilines is 2. The number of hydrogen-bond donors (Lipinski definition) is 1. The van der Waals surface area contributed by atoms with E-state index in [-0.39, 0.29) is 11.8 Å². The van der Waals surface area contributed by atoms with Gasteiger partial charge in [-0.25, -0.2) is 0 Å². The zero-order chi connectivity index (χ0) is 12.3. The van der Waals surface area contributed by atoms with E-state index in [0.717, 1.165) is 31.7 Å². The predicted octanol–water partition coefficient (Wildman–Crippen LogP) is 1.67. The lowest BCUT2D eigenvalue weighted by molar-refractivity contribution is -0.117. The molecule has 0 radical (unpaired) electrons. The number of rotatable bonds is 5. The summed E-state index contributed by atoms with van der Waals surface area (Å²) in [4.78, 5) is 13.6. The molecule has 0 aliphatic heterocycles. The molecule has 1 aromatic heterocycles. The van der Waals surface area contributed by atoms with Crippen LogP contribution in [0.15, 0.2) is 12.1 Å². The summed E-state index contributed by atoms with van der Waals surface area (Å²) in [6.07, 6.45) is 1.99. The van der Waals surface area contributed by atoms with Gasteiger partial charge in [0.15, 0.2) is 11.6 Å². The zero-order valence-electron chi connectivity index (χ0n) is 10.3. The highest BCUT2D eigenvalue weighted by atomic mass is 16.2. The normalized spacial score (nSPS) is 14.5. The molecule has 1 aliphatic carbocycles. The molecule has 1 heterocycles. The topological polar surface area (TPSA) is 58.1 Å². The van der Waals surface area contributed by atoms with Gasteiger partial charge in [-0.15, -0.1) is 10.2 Å². The summed E-state index contributed by atoms with van der Waals surface area (Å²) in [7, 11) is 0. The van der Waals surface area contributed by atoms with E-state index in [0.29, 0.717) is 5.82 Å². The maximum Gasteiger partial charge on any atom is 0.228 e. The van der Waals surface area contributed by atoms with Gasteiger partial charge in [0.05, 0.1) is 0 Å². The Morgan fingerprint density at radius 1 is 1.35 bits per heavy atom. The van der Waals surface area contributed by atoms with Crippen LogP contribution >= 0.6 is 0 Å². The van der Waals surface area contributed by atoms with Crippen LogP contribution in [0, 0.1) is 5.92 Å². The Morgan fingerprint density at radius 2 is 2.06 bits per heavy atom. The highest BCUT2D eigenvalue weighted by Crippen LogP contribution is 2.29. The summed E-state index contributed by atoms with van der Waals surface area (Å²) in [5, 5.41) is 10.9. The van der Waals surface area contributed by atoms with Crippen LogP contribution < -0.4 is 10.2 Å². The molecular weight excluding hydrogens is 216 g/mol. The summed E-state index contributed by atoms with van der Waals surface area (Å²) in [6.45, 7) is 5.96. The Hall–Kier alpha value is -1.65. The quantitative estimate of drug-likeness (QED) is 0.842. The van der Waals surface area contributed by atoms with Crippen molar-refractivity contribution < 1.29 is 4.79 Å². The SMILES string of the molecule is CCN(CC)c1ccc(NC(=O)C2CC2)nn1. The van der Waals surface area contributed by atoms with Gasteiger partial charge in [-0.1, -0.05) is 0 Å². The van der Waals surface area contributed by atoms with E-state index < -0.39 is 0 Å². The summed E-state index contributed by atoms with van der Waals surface area (Å²) < 4.78 is 0. The maximum absolute atomic E-state index is 11.5. The van der Waals surface area contributed by atoms with Gasteiger partial charge in [0.1, 0.15) is 0 Å². The molecule has 1 N–H and O–H groups in total. The van der Waals surface area contributed by atoms with Gasteiger partial charge in [-0.3, -0.25) is 4.79 Å². The van der Waals surface area contributed by atoms with Crippen molar-refractivity contribution in [1.29, 1.82) is 0 Å². The second kappa shape index (κ2) is 5.12. The van der Waals surface area contributed by atoms with Crippen LogP contribution in [-0.4, -0.2) is 29.2 Å². The third-order valence-corrected chi connectivity index (χ3v) is 2.94. The first-order chi connectivity index (χ1) is 8.24. The molecule has 17 heavy (non-hydrogen) atoms. The van der Waals surface area contributed by atoms with Crippen molar-refractivity contribution in [3.05, 3.63) is 12.1 Å². The Morgan fingerprint density at radius 3 is 2.53 bits per heavy atom. The molecule has 0 spiro atoms. The van der Waals surface area contributed by atoms with Gasteiger partial charge in [0, 0.05) is 19.0 Å². The smallest absolute Gasteiger partial charge is 0.228 e. The lowest BCUT2D eigenvalue weighted by atomic mass is 10.4. The third kappa shape index (κ3) is 2.93. The second-order valence-corrected chi connectivity index (χ2v) is 4.21. The molecule has 0 unspecified atom stereocenters. The molecule has 1 saturated carbocycles. The fourth-order valence-corrected chi connectivity index (χ4v) is 1.68. The molecule has 0 atom stereocenters. The van der Waals surface area contributed by atoms with Crippen LogP contribution in [0.5, 0.6) is 0 Å². The van der Waals surface area contributed by atoms with Crippen LogP contribution in [0.3, 0.4) is 0 Å². The van der Waals surface area contributed by atoms with E-state index in [4.69, 9.17) is 0 Å². The molecular formula is C12H18N4O. The van der Waals surface area contributed by atoms with Gasteiger partial charge in [-0.05, 0) is 38.8 Å². The van der Waals surface area contributed by atoms with Gasteiger partial charge in [0.2, 0.25) is 5.91 Å². The summed E-state index contributed by atoms with van der Waals surface area (Å²) in [6, 6.07) is 3.70. The third-order valence-electron chi connectivity index (χ3n) is 2.94. The van der Waals surface area contributed by atoms with E-state index in [2.05, 4.69) is 34.3 Å². The van der Waals surface area contributed by atoms with Crippen molar-refractivity contribution in [3.8, 4) is 0 Å². The van der Waals surface area contributed by atoms with Gasteiger partial charge < -0.3 is 10.2 Å². The van der Waals surface area contributed by atoms with Crippen molar-refractivity contribution in [2.45, 2.75) is 26.7 Å². The van der Waals surface area contributed by atoms with Gasteiger partial charge in [0.25, 0.3) is 0 Å². The van der Waals surface area contributed by atoms with E-state index >= 15 is 0 Å². The van der Waals surface area contributed by atoms with Crippen LogP contribution in [0.1, 0.15) is 26.7 Å². The first kappa shape index (κ1) is 11.8. The summed E-state index contributed by atoms with van der Waals surface area (Å²) >= 11 is 0.